The third kappa shape index (κ3) is 1.08. The van der Waals surface area contributed by atoms with Gasteiger partial charge in [0, 0.05) is 17.1 Å². The molecule has 0 spiro atoms. The molecule has 0 bridgehead atoms. The summed E-state index contributed by atoms with van der Waals surface area (Å²) in [6, 6.07) is 6.99. The summed E-state index contributed by atoms with van der Waals surface area (Å²) in [6.07, 6.45) is 3.65. The summed E-state index contributed by atoms with van der Waals surface area (Å²) in [6.45, 7) is 0. The summed E-state index contributed by atoms with van der Waals surface area (Å²) < 4.78 is 13.0. The Labute approximate surface area is 86.3 Å². The molecular weight excluding hydrogens is 191 g/mol. The second-order valence-electron chi connectivity index (χ2n) is 4.09. The zero-order chi connectivity index (χ0) is 10.5. The summed E-state index contributed by atoms with van der Waals surface area (Å²) in [5.74, 6) is -0.252. The van der Waals surface area contributed by atoms with Crippen molar-refractivity contribution in [1.82, 2.24) is 4.98 Å². The van der Waals surface area contributed by atoms with Crippen molar-refractivity contribution >= 4 is 10.9 Å². The fourth-order valence-electron chi connectivity index (χ4n) is 2.06. The predicted octanol–water partition coefficient (Wildman–Crippen LogP) is 2.86. The third-order valence-corrected chi connectivity index (χ3v) is 3.12. The maximum absolute atomic E-state index is 13.0. The number of nitrogens with zero attached hydrogens (tertiary/aromatic N) is 1. The number of nitriles is 1. The van der Waals surface area contributed by atoms with E-state index in [-0.39, 0.29) is 11.2 Å². The topological polar surface area (TPSA) is 39.6 Å². The van der Waals surface area contributed by atoms with Crippen LogP contribution in [0.3, 0.4) is 0 Å². The van der Waals surface area contributed by atoms with Crippen molar-refractivity contribution in [3.63, 3.8) is 0 Å². The summed E-state index contributed by atoms with van der Waals surface area (Å²) in [5, 5.41) is 10.1. The molecule has 1 aliphatic rings. The van der Waals surface area contributed by atoms with Gasteiger partial charge in [0.1, 0.15) is 5.82 Å². The maximum atomic E-state index is 13.0. The highest BCUT2D eigenvalue weighted by atomic mass is 19.1. The number of H-pyrrole nitrogens is 1. The molecule has 1 aliphatic carbocycles. The minimum atomic E-state index is -0.309. The van der Waals surface area contributed by atoms with Gasteiger partial charge in [0.05, 0.1) is 11.5 Å². The van der Waals surface area contributed by atoms with E-state index < -0.39 is 0 Å². The number of aromatic amines is 1. The Morgan fingerprint density at radius 1 is 1.40 bits per heavy atom. The molecule has 2 nitrogen and oxygen atoms in total. The van der Waals surface area contributed by atoms with E-state index in [9.17, 15) is 4.39 Å². The van der Waals surface area contributed by atoms with Crippen LogP contribution in [0.25, 0.3) is 10.9 Å². The van der Waals surface area contributed by atoms with Gasteiger partial charge in [0.25, 0.3) is 0 Å². The molecule has 15 heavy (non-hydrogen) atoms. The van der Waals surface area contributed by atoms with Gasteiger partial charge in [-0.15, -0.1) is 0 Å². The molecule has 0 saturated heterocycles. The Hall–Kier alpha value is -1.82. The van der Waals surface area contributed by atoms with E-state index in [0.717, 1.165) is 29.3 Å². The minimum Gasteiger partial charge on any atom is -0.361 e. The first-order valence-electron chi connectivity index (χ1n) is 4.94. The van der Waals surface area contributed by atoms with Crippen LogP contribution in [0.1, 0.15) is 18.4 Å². The van der Waals surface area contributed by atoms with Crippen LogP contribution in [-0.2, 0) is 5.41 Å². The number of fused-ring (bicyclic) bond motifs is 1. The van der Waals surface area contributed by atoms with Crippen molar-refractivity contribution in [3.8, 4) is 6.07 Å². The van der Waals surface area contributed by atoms with E-state index in [4.69, 9.17) is 5.26 Å². The van der Waals surface area contributed by atoms with Crippen LogP contribution in [0.15, 0.2) is 24.4 Å². The number of hydrogen-bond donors (Lipinski definition) is 1. The van der Waals surface area contributed by atoms with Crippen molar-refractivity contribution in [3.05, 3.63) is 35.8 Å². The number of benzene rings is 1. The molecule has 1 aromatic carbocycles. The molecule has 1 saturated carbocycles. The van der Waals surface area contributed by atoms with Gasteiger partial charge in [0.15, 0.2) is 0 Å². The fourth-order valence-corrected chi connectivity index (χ4v) is 2.06. The molecule has 1 heterocycles. The highest BCUT2D eigenvalue weighted by Crippen LogP contribution is 2.49. The highest BCUT2D eigenvalue weighted by Gasteiger charge is 2.46. The van der Waals surface area contributed by atoms with Crippen molar-refractivity contribution in [2.45, 2.75) is 18.3 Å². The Balaban J connectivity index is 2.26. The molecule has 1 N–H and O–H groups in total. The molecule has 0 atom stereocenters. The van der Waals surface area contributed by atoms with Crippen molar-refractivity contribution in [2.75, 3.05) is 0 Å². The van der Waals surface area contributed by atoms with Gasteiger partial charge in [-0.3, -0.25) is 0 Å². The normalized spacial score (nSPS) is 17.6. The molecule has 1 fully saturated rings. The van der Waals surface area contributed by atoms with E-state index >= 15 is 0 Å². The van der Waals surface area contributed by atoms with Crippen LogP contribution in [0, 0.1) is 17.1 Å². The Kier molecular flexibility index (Phi) is 1.47. The van der Waals surface area contributed by atoms with Crippen LogP contribution >= 0.6 is 0 Å². The van der Waals surface area contributed by atoms with Crippen LogP contribution in [0.4, 0.5) is 4.39 Å². The third-order valence-electron chi connectivity index (χ3n) is 3.12. The Morgan fingerprint density at radius 3 is 2.87 bits per heavy atom. The summed E-state index contributed by atoms with van der Waals surface area (Å²) in [4.78, 5) is 3.02. The lowest BCUT2D eigenvalue weighted by Gasteiger charge is -2.02. The van der Waals surface area contributed by atoms with Crippen LogP contribution in [0.2, 0.25) is 0 Å². The second kappa shape index (κ2) is 2.60. The van der Waals surface area contributed by atoms with Gasteiger partial charge in [0.2, 0.25) is 0 Å². The predicted molar refractivity (Wildman–Crippen MR) is 54.8 cm³/mol. The van der Waals surface area contributed by atoms with Crippen LogP contribution < -0.4 is 0 Å². The molecule has 0 unspecified atom stereocenters. The fraction of sp³-hybridized carbons (Fsp3) is 0.250. The molecular formula is C12H9FN2. The number of nitrogens with one attached hydrogen (secondary N) is 1. The van der Waals surface area contributed by atoms with Gasteiger partial charge in [-0.1, -0.05) is 0 Å². The van der Waals surface area contributed by atoms with Crippen molar-refractivity contribution < 1.29 is 4.39 Å². The molecule has 0 radical (unpaired) electrons. The second-order valence-corrected chi connectivity index (χ2v) is 4.09. The van der Waals surface area contributed by atoms with E-state index in [1.807, 2.05) is 6.20 Å². The van der Waals surface area contributed by atoms with Crippen LogP contribution in [-0.4, -0.2) is 4.98 Å². The van der Waals surface area contributed by atoms with Crippen LogP contribution in [0.5, 0.6) is 0 Å². The first kappa shape index (κ1) is 8.49. The average Bonchev–Trinajstić information content (AvgIpc) is 2.93. The standard InChI is InChI=1S/C12H9FN2/c13-8-1-2-9-10(6-15-11(9)5-8)12(7-14)3-4-12/h1-2,5-6,15H,3-4H2. The maximum Gasteiger partial charge on any atom is 0.125 e. The molecule has 0 amide bonds. The first-order chi connectivity index (χ1) is 7.25. The summed E-state index contributed by atoms with van der Waals surface area (Å²) >= 11 is 0. The molecule has 74 valence electrons. The van der Waals surface area contributed by atoms with Gasteiger partial charge in [-0.2, -0.15) is 5.26 Å². The zero-order valence-corrected chi connectivity index (χ0v) is 8.05. The molecule has 1 aromatic heterocycles. The first-order valence-corrected chi connectivity index (χ1v) is 4.94. The van der Waals surface area contributed by atoms with E-state index in [2.05, 4.69) is 11.1 Å². The van der Waals surface area contributed by atoms with E-state index in [0.29, 0.717) is 0 Å². The summed E-state index contributed by atoms with van der Waals surface area (Å²) in [7, 11) is 0. The lowest BCUT2D eigenvalue weighted by Crippen LogP contribution is -2.00. The lowest BCUT2D eigenvalue weighted by atomic mass is 9.97. The Morgan fingerprint density at radius 2 is 2.20 bits per heavy atom. The highest BCUT2D eigenvalue weighted by molar-refractivity contribution is 5.85. The largest absolute Gasteiger partial charge is 0.361 e. The zero-order valence-electron chi connectivity index (χ0n) is 8.05. The SMILES string of the molecule is N#CC1(c2c[nH]c3cc(F)ccc23)CC1. The number of rotatable bonds is 1. The minimum absolute atomic E-state index is 0.252. The number of aromatic nitrogens is 1. The van der Waals surface area contributed by atoms with Gasteiger partial charge < -0.3 is 4.98 Å². The quantitative estimate of drug-likeness (QED) is 0.755. The lowest BCUT2D eigenvalue weighted by molar-refractivity contribution is 0.629. The molecule has 3 rings (SSSR count). The number of hydrogen-bond acceptors (Lipinski definition) is 1. The number of halogens is 1. The van der Waals surface area contributed by atoms with Gasteiger partial charge in [-0.05, 0) is 36.6 Å². The summed E-state index contributed by atoms with van der Waals surface area (Å²) in [5.41, 5.74) is 1.47. The monoisotopic (exact) mass is 200 g/mol. The average molecular weight is 200 g/mol. The van der Waals surface area contributed by atoms with Gasteiger partial charge in [-0.25, -0.2) is 4.39 Å². The molecule has 2 aromatic rings. The smallest absolute Gasteiger partial charge is 0.125 e. The molecule has 3 heteroatoms. The van der Waals surface area contributed by atoms with Crippen molar-refractivity contribution in [2.24, 2.45) is 0 Å². The van der Waals surface area contributed by atoms with Gasteiger partial charge >= 0.3 is 0 Å². The van der Waals surface area contributed by atoms with E-state index in [1.165, 1.54) is 12.1 Å². The van der Waals surface area contributed by atoms with Crippen molar-refractivity contribution in [1.29, 1.82) is 5.26 Å². The molecule has 0 aliphatic heterocycles. The van der Waals surface area contributed by atoms with E-state index in [1.54, 1.807) is 6.07 Å². The Bertz CT molecular complexity index is 573.